The maximum atomic E-state index is 10.5. The molecule has 3 rings (SSSR count). The van der Waals surface area contributed by atoms with Crippen molar-refractivity contribution in [1.82, 2.24) is 0 Å². The standard InChI is InChI=1S/C17H24O2/c1-12-15(18)9-14-10-17(12,11-16(14,2)19-3)13-7-5-4-6-8-13/h4-8,12,14-15,18H,9-11H2,1-3H3/t12-,14+,15-,16-,17+/m1/s1. The van der Waals surface area contributed by atoms with Crippen LogP contribution < -0.4 is 0 Å². The van der Waals surface area contributed by atoms with Crippen molar-refractivity contribution in [3.63, 3.8) is 0 Å². The quantitative estimate of drug-likeness (QED) is 0.885. The fraction of sp³-hybridized carbons (Fsp3) is 0.647. The third-order valence-electron chi connectivity index (χ3n) is 5.93. The highest BCUT2D eigenvalue weighted by Gasteiger charge is 2.60. The zero-order valence-electron chi connectivity index (χ0n) is 12.1. The van der Waals surface area contributed by atoms with Gasteiger partial charge in [-0.3, -0.25) is 0 Å². The summed E-state index contributed by atoms with van der Waals surface area (Å²) < 4.78 is 5.84. The summed E-state index contributed by atoms with van der Waals surface area (Å²) in [4.78, 5) is 0. The van der Waals surface area contributed by atoms with Gasteiger partial charge in [0.15, 0.2) is 0 Å². The highest BCUT2D eigenvalue weighted by Crippen LogP contribution is 2.60. The van der Waals surface area contributed by atoms with Crippen LogP contribution in [0.1, 0.15) is 38.7 Å². The molecule has 0 aromatic heterocycles. The number of fused-ring (bicyclic) bond motifs is 2. The Bertz CT molecular complexity index is 458. The fourth-order valence-electron chi connectivity index (χ4n) is 4.53. The number of rotatable bonds is 2. The van der Waals surface area contributed by atoms with Crippen LogP contribution in [0.15, 0.2) is 30.3 Å². The van der Waals surface area contributed by atoms with E-state index in [0.717, 1.165) is 19.3 Å². The van der Waals surface area contributed by atoms with Gasteiger partial charge in [-0.05, 0) is 43.6 Å². The summed E-state index contributed by atoms with van der Waals surface area (Å²) in [5.41, 5.74) is 1.35. The molecule has 2 nitrogen and oxygen atoms in total. The smallest absolute Gasteiger partial charge is 0.0688 e. The van der Waals surface area contributed by atoms with Crippen molar-refractivity contribution in [3.8, 4) is 0 Å². The van der Waals surface area contributed by atoms with E-state index in [-0.39, 0.29) is 17.1 Å². The lowest BCUT2D eigenvalue weighted by molar-refractivity contribution is -0.0392. The van der Waals surface area contributed by atoms with Gasteiger partial charge >= 0.3 is 0 Å². The lowest BCUT2D eigenvalue weighted by Gasteiger charge is -2.42. The Morgan fingerprint density at radius 1 is 1.26 bits per heavy atom. The van der Waals surface area contributed by atoms with E-state index in [0.29, 0.717) is 11.8 Å². The molecule has 5 atom stereocenters. The van der Waals surface area contributed by atoms with Gasteiger partial charge < -0.3 is 9.84 Å². The summed E-state index contributed by atoms with van der Waals surface area (Å²) in [7, 11) is 1.82. The van der Waals surface area contributed by atoms with E-state index in [1.165, 1.54) is 5.56 Å². The first kappa shape index (κ1) is 13.1. The van der Waals surface area contributed by atoms with Gasteiger partial charge in [-0.1, -0.05) is 37.3 Å². The van der Waals surface area contributed by atoms with Crippen LogP contribution in [0.5, 0.6) is 0 Å². The summed E-state index contributed by atoms with van der Waals surface area (Å²) >= 11 is 0. The van der Waals surface area contributed by atoms with E-state index < -0.39 is 0 Å². The second kappa shape index (κ2) is 4.32. The summed E-state index contributed by atoms with van der Waals surface area (Å²) in [5.74, 6) is 0.757. The van der Waals surface area contributed by atoms with E-state index >= 15 is 0 Å². The Morgan fingerprint density at radius 3 is 2.58 bits per heavy atom. The molecule has 104 valence electrons. The summed E-state index contributed by atoms with van der Waals surface area (Å²) in [6.07, 6.45) is 2.82. The minimum Gasteiger partial charge on any atom is -0.393 e. The van der Waals surface area contributed by atoms with Crippen LogP contribution in [-0.2, 0) is 10.2 Å². The van der Waals surface area contributed by atoms with Crippen LogP contribution in [-0.4, -0.2) is 23.9 Å². The number of hydrogen-bond donors (Lipinski definition) is 1. The largest absolute Gasteiger partial charge is 0.393 e. The Balaban J connectivity index is 2.08. The van der Waals surface area contributed by atoms with Crippen molar-refractivity contribution in [1.29, 1.82) is 0 Å². The van der Waals surface area contributed by atoms with Crippen LogP contribution in [0.2, 0.25) is 0 Å². The number of methoxy groups -OCH3 is 1. The molecule has 2 aliphatic carbocycles. The third kappa shape index (κ3) is 1.77. The zero-order chi connectivity index (χ0) is 13.7. The van der Waals surface area contributed by atoms with Crippen molar-refractivity contribution in [3.05, 3.63) is 35.9 Å². The van der Waals surface area contributed by atoms with E-state index in [2.05, 4.69) is 44.2 Å². The van der Waals surface area contributed by atoms with Crippen molar-refractivity contribution in [2.75, 3.05) is 7.11 Å². The van der Waals surface area contributed by atoms with Gasteiger partial charge in [-0.2, -0.15) is 0 Å². The van der Waals surface area contributed by atoms with E-state index in [9.17, 15) is 5.11 Å². The van der Waals surface area contributed by atoms with Crippen molar-refractivity contribution in [2.24, 2.45) is 11.8 Å². The fourth-order valence-corrected chi connectivity index (χ4v) is 4.53. The van der Waals surface area contributed by atoms with Crippen LogP contribution in [0.3, 0.4) is 0 Å². The topological polar surface area (TPSA) is 29.5 Å². The second-order valence-electron chi connectivity index (χ2n) is 6.71. The first-order valence-corrected chi connectivity index (χ1v) is 7.30. The number of ether oxygens (including phenoxy) is 1. The first-order chi connectivity index (χ1) is 9.02. The molecular formula is C17H24O2. The van der Waals surface area contributed by atoms with E-state index in [4.69, 9.17) is 4.74 Å². The maximum Gasteiger partial charge on any atom is 0.0688 e. The average Bonchev–Trinajstić information content (AvgIpc) is 2.70. The van der Waals surface area contributed by atoms with Gasteiger partial charge in [0.25, 0.3) is 0 Å². The molecule has 1 aromatic carbocycles. The molecule has 2 fully saturated rings. The van der Waals surface area contributed by atoms with Crippen LogP contribution in [0.25, 0.3) is 0 Å². The normalized spacial score (nSPS) is 45.4. The molecule has 19 heavy (non-hydrogen) atoms. The minimum atomic E-state index is -0.212. The van der Waals surface area contributed by atoms with Crippen LogP contribution >= 0.6 is 0 Å². The average molecular weight is 260 g/mol. The SMILES string of the molecule is CO[C@]1(C)C[C@@]2(c3ccccc3)C[C@@H]1C[C@@H](O)[C@H]2C. The zero-order valence-corrected chi connectivity index (χ0v) is 12.1. The molecule has 2 saturated carbocycles. The lowest BCUT2D eigenvalue weighted by atomic mass is 9.63. The summed E-state index contributed by atoms with van der Waals surface area (Å²) in [5, 5.41) is 10.5. The molecule has 0 amide bonds. The molecule has 2 bridgehead atoms. The molecule has 2 heteroatoms. The molecule has 0 saturated heterocycles. The van der Waals surface area contributed by atoms with Gasteiger partial charge in [-0.25, -0.2) is 0 Å². The predicted molar refractivity (Wildman–Crippen MR) is 76.0 cm³/mol. The van der Waals surface area contributed by atoms with E-state index in [1.807, 2.05) is 7.11 Å². The number of benzene rings is 1. The van der Waals surface area contributed by atoms with Gasteiger partial charge in [-0.15, -0.1) is 0 Å². The van der Waals surface area contributed by atoms with Crippen LogP contribution in [0, 0.1) is 11.8 Å². The number of aliphatic hydroxyl groups is 1. The van der Waals surface area contributed by atoms with Crippen LogP contribution in [0.4, 0.5) is 0 Å². The molecule has 0 aliphatic heterocycles. The molecule has 1 N–H and O–H groups in total. The lowest BCUT2D eigenvalue weighted by Crippen LogP contribution is -2.42. The Hall–Kier alpha value is -0.860. The number of hydrogen-bond acceptors (Lipinski definition) is 2. The molecular weight excluding hydrogens is 236 g/mol. The Morgan fingerprint density at radius 2 is 1.95 bits per heavy atom. The third-order valence-corrected chi connectivity index (χ3v) is 5.93. The van der Waals surface area contributed by atoms with Gasteiger partial charge in [0.1, 0.15) is 0 Å². The molecule has 1 aromatic rings. The van der Waals surface area contributed by atoms with E-state index in [1.54, 1.807) is 0 Å². The first-order valence-electron chi connectivity index (χ1n) is 7.30. The highest BCUT2D eigenvalue weighted by molar-refractivity contribution is 5.32. The van der Waals surface area contributed by atoms with Gasteiger partial charge in [0, 0.05) is 12.5 Å². The predicted octanol–water partition coefficient (Wildman–Crippen LogP) is 3.14. The van der Waals surface area contributed by atoms with Crippen molar-refractivity contribution < 1.29 is 9.84 Å². The summed E-state index contributed by atoms with van der Waals surface area (Å²) in [6, 6.07) is 10.7. The molecule has 0 radical (unpaired) electrons. The van der Waals surface area contributed by atoms with Crippen molar-refractivity contribution in [2.45, 2.75) is 50.2 Å². The Labute approximate surface area is 115 Å². The van der Waals surface area contributed by atoms with Gasteiger partial charge in [0.2, 0.25) is 0 Å². The van der Waals surface area contributed by atoms with Crippen molar-refractivity contribution >= 4 is 0 Å². The molecule has 0 spiro atoms. The minimum absolute atomic E-state index is 0.0777. The summed E-state index contributed by atoms with van der Waals surface area (Å²) in [6.45, 7) is 4.42. The monoisotopic (exact) mass is 260 g/mol. The molecule has 0 heterocycles. The maximum absolute atomic E-state index is 10.5. The number of aliphatic hydroxyl groups excluding tert-OH is 1. The molecule has 2 aliphatic rings. The molecule has 0 unspecified atom stereocenters. The Kier molecular flexibility index (Phi) is 2.99. The van der Waals surface area contributed by atoms with Gasteiger partial charge in [0.05, 0.1) is 11.7 Å². The highest BCUT2D eigenvalue weighted by atomic mass is 16.5. The second-order valence-corrected chi connectivity index (χ2v) is 6.71.